The molecule has 0 radical (unpaired) electrons. The van der Waals surface area contributed by atoms with Crippen molar-refractivity contribution < 1.29 is 47.7 Å². The summed E-state index contributed by atoms with van der Waals surface area (Å²) in [6.45, 7) is 19.1. The van der Waals surface area contributed by atoms with Crippen molar-refractivity contribution in [2.24, 2.45) is 0 Å². The molecule has 75 heavy (non-hydrogen) atoms. The van der Waals surface area contributed by atoms with Crippen molar-refractivity contribution in [3.63, 3.8) is 0 Å². The Morgan fingerprint density at radius 3 is 2.11 bits per heavy atom. The number of anilines is 1. The number of carbonyl (C=O) groups excluding carboxylic acids is 6. The number of alkyl carbamates (subject to hydrolysis) is 2. The first-order valence-corrected chi connectivity index (χ1v) is 26.5. The maximum Gasteiger partial charge on any atom is 0.419 e. The number of pyridine rings is 2. The van der Waals surface area contributed by atoms with Crippen LogP contribution in [0.15, 0.2) is 71.0 Å². The molecule has 0 unspecified atom stereocenters. The van der Waals surface area contributed by atoms with E-state index >= 15 is 9.59 Å². The van der Waals surface area contributed by atoms with E-state index in [1.165, 1.54) is 21.2 Å². The molecular weight excluding hydrogens is 981 g/mol. The van der Waals surface area contributed by atoms with Gasteiger partial charge in [0.2, 0.25) is 17.7 Å². The molecule has 5 amide bonds. The largest absolute Gasteiger partial charge is 0.444 e. The monoisotopic (exact) mass is 1060 g/mol. The van der Waals surface area contributed by atoms with Gasteiger partial charge in [-0.05, 0) is 129 Å². The number of hydrogen-bond acceptors (Lipinski definition) is 15. The number of amides is 5. The first-order valence-electron chi connectivity index (χ1n) is 25.7. The molecule has 3 atom stereocenters. The van der Waals surface area contributed by atoms with Crippen LogP contribution in [0.1, 0.15) is 111 Å². The lowest BCUT2D eigenvalue weighted by Crippen LogP contribution is -2.57. The van der Waals surface area contributed by atoms with Gasteiger partial charge in [-0.15, -0.1) is 0 Å². The zero-order chi connectivity index (χ0) is 54.5. The Kier molecular flexibility index (Phi) is 19.9. The fourth-order valence-electron chi connectivity index (χ4n) is 8.49. The molecule has 4 aromatic rings. The Morgan fingerprint density at radius 2 is 1.43 bits per heavy atom. The SMILES string of the molecule is CN1C(=O)[C@H](CCCCNC(=O)OC(C)(C)C)NC(=O)[C@H](CCCNC(=O)OC(C)(C)C)NCc2cccnc2Sc2cnc(N3CCOCC3)cc2CNC(=O)[C@@H]1Cc1cn(C(=O)OC(C)(C)C)c2ccccc12. The highest BCUT2D eigenvalue weighted by atomic mass is 32.2. The lowest BCUT2D eigenvalue weighted by Gasteiger charge is -2.32. The van der Waals surface area contributed by atoms with E-state index in [9.17, 15) is 19.2 Å². The average Bonchev–Trinajstić information content (AvgIpc) is 3.71. The van der Waals surface area contributed by atoms with Crippen molar-refractivity contribution in [2.75, 3.05) is 51.3 Å². The smallest absolute Gasteiger partial charge is 0.419 e. The second-order valence-corrected chi connectivity index (χ2v) is 22.7. The Labute approximate surface area is 444 Å². The molecule has 6 rings (SSSR count). The van der Waals surface area contributed by atoms with Crippen molar-refractivity contribution in [2.45, 2.75) is 159 Å². The molecule has 0 spiro atoms. The van der Waals surface area contributed by atoms with E-state index in [-0.39, 0.29) is 45.4 Å². The second kappa shape index (κ2) is 25.9. The number of benzene rings is 1. The van der Waals surface area contributed by atoms with Gasteiger partial charge in [0.1, 0.15) is 39.7 Å². The van der Waals surface area contributed by atoms with E-state index in [0.717, 1.165) is 21.8 Å². The van der Waals surface area contributed by atoms with Crippen molar-refractivity contribution in [1.29, 1.82) is 0 Å². The molecular formula is C54H76N10O10S. The number of hydrogen-bond donors (Lipinski definition) is 5. The number of ether oxygens (including phenoxy) is 4. The summed E-state index contributed by atoms with van der Waals surface area (Å²) in [5.74, 6) is -0.761. The quantitative estimate of drug-likeness (QED) is 0.0721. The van der Waals surface area contributed by atoms with Crippen LogP contribution in [-0.4, -0.2) is 137 Å². The van der Waals surface area contributed by atoms with E-state index in [1.54, 1.807) is 94.0 Å². The summed E-state index contributed by atoms with van der Waals surface area (Å²) in [7, 11) is 1.54. The summed E-state index contributed by atoms with van der Waals surface area (Å²) in [4.78, 5) is 97.7. The zero-order valence-electron chi connectivity index (χ0n) is 45.1. The minimum Gasteiger partial charge on any atom is -0.444 e. The number of likely N-dealkylation sites (N-methyl/N-ethyl adjacent to an activating group) is 1. The highest BCUT2D eigenvalue weighted by Gasteiger charge is 2.35. The van der Waals surface area contributed by atoms with Crippen LogP contribution in [0.4, 0.5) is 20.2 Å². The van der Waals surface area contributed by atoms with E-state index in [4.69, 9.17) is 28.9 Å². The van der Waals surface area contributed by atoms with Gasteiger partial charge in [-0.25, -0.2) is 24.4 Å². The molecule has 1 saturated heterocycles. The van der Waals surface area contributed by atoms with Gasteiger partial charge in [0.15, 0.2) is 0 Å². The Hall–Kier alpha value is -6.45. The summed E-state index contributed by atoms with van der Waals surface area (Å²) in [5.41, 5.74) is 0.538. The summed E-state index contributed by atoms with van der Waals surface area (Å²) < 4.78 is 23.7. The molecule has 2 aliphatic heterocycles. The maximum absolute atomic E-state index is 15.2. The molecule has 0 saturated carbocycles. The normalized spacial score (nSPS) is 18.5. The molecule has 408 valence electrons. The number of fused-ring (bicyclic) bond motifs is 3. The van der Waals surface area contributed by atoms with Gasteiger partial charge in [0.25, 0.3) is 0 Å². The van der Waals surface area contributed by atoms with E-state index in [0.29, 0.717) is 67.1 Å². The first-order chi connectivity index (χ1) is 35.4. The lowest BCUT2D eigenvalue weighted by molar-refractivity contribution is -0.142. The summed E-state index contributed by atoms with van der Waals surface area (Å²) in [5, 5.41) is 16.5. The van der Waals surface area contributed by atoms with Crippen LogP contribution in [-0.2, 0) is 52.8 Å². The minimum atomic E-state index is -1.16. The van der Waals surface area contributed by atoms with Crippen molar-refractivity contribution in [3.8, 4) is 0 Å². The predicted molar refractivity (Wildman–Crippen MR) is 285 cm³/mol. The topological polar surface area (TPSA) is 237 Å². The van der Waals surface area contributed by atoms with Gasteiger partial charge in [-0.1, -0.05) is 36.0 Å². The number of para-hydroxylation sites is 1. The van der Waals surface area contributed by atoms with E-state index in [1.807, 2.05) is 36.4 Å². The van der Waals surface area contributed by atoms with Gasteiger partial charge in [-0.2, -0.15) is 0 Å². The number of aromatic nitrogens is 3. The fourth-order valence-corrected chi connectivity index (χ4v) is 9.45. The summed E-state index contributed by atoms with van der Waals surface area (Å²) in [6.07, 6.45) is 4.95. The minimum absolute atomic E-state index is 0.0199. The first kappa shape index (κ1) is 57.8. The van der Waals surface area contributed by atoms with Crippen LogP contribution in [0.3, 0.4) is 0 Å². The number of rotatable bonds is 12. The number of unbranched alkanes of at least 4 members (excludes halogenated alkanes) is 1. The van der Waals surface area contributed by atoms with Gasteiger partial charge in [-0.3, -0.25) is 19.0 Å². The third-order valence-electron chi connectivity index (χ3n) is 12.1. The molecule has 3 aromatic heterocycles. The molecule has 5 N–H and O–H groups in total. The van der Waals surface area contributed by atoms with Crippen LogP contribution in [0.2, 0.25) is 0 Å². The Balaban J connectivity index is 1.40. The zero-order valence-corrected chi connectivity index (χ0v) is 45.9. The van der Waals surface area contributed by atoms with Crippen molar-refractivity contribution >= 4 is 64.5 Å². The van der Waals surface area contributed by atoms with Crippen molar-refractivity contribution in [3.05, 3.63) is 77.7 Å². The molecule has 21 heteroatoms. The lowest BCUT2D eigenvalue weighted by atomic mass is 10.0. The maximum atomic E-state index is 15.2. The molecule has 20 nitrogen and oxygen atoms in total. The molecule has 0 aliphatic carbocycles. The van der Waals surface area contributed by atoms with Gasteiger partial charge < -0.3 is 55.3 Å². The highest BCUT2D eigenvalue weighted by Crippen LogP contribution is 2.33. The third kappa shape index (κ3) is 17.6. The van der Waals surface area contributed by atoms with Crippen LogP contribution >= 0.6 is 11.8 Å². The van der Waals surface area contributed by atoms with Gasteiger partial charge >= 0.3 is 18.3 Å². The predicted octanol–water partition coefficient (Wildman–Crippen LogP) is 6.84. The van der Waals surface area contributed by atoms with Crippen LogP contribution in [0.25, 0.3) is 10.9 Å². The number of morpholine rings is 1. The molecule has 1 fully saturated rings. The standard InChI is InChI=1S/C54H76N10O10S/c1-52(2,3)72-49(68)56-22-14-13-19-40-48(67)62(10)42(29-37-34-64(51(70)74-54(7,8)9)41-21-12-11-18-38(37)41)46(66)60-32-36-30-44(63-25-27-71-28-26-63)59-33-43(36)75-47-35(17-15-23-55-47)31-58-39(45(65)61-40)20-16-24-57-50(69)73-53(4,5)6/h11-12,15,17-18,21,23,30,33-34,39-40,42,58H,13-14,16,19-20,22,24-29,31-32H2,1-10H3,(H,56,68)(H,57,69)(H,60,66)(H,61,65)/t39-,40-,42-/m0/s1. The summed E-state index contributed by atoms with van der Waals surface area (Å²) in [6, 6.07) is 9.84. The average molecular weight is 1060 g/mol. The van der Waals surface area contributed by atoms with Crippen LogP contribution in [0, 0.1) is 0 Å². The Morgan fingerprint density at radius 1 is 0.773 bits per heavy atom. The van der Waals surface area contributed by atoms with Gasteiger partial charge in [0.05, 0.1) is 24.8 Å². The van der Waals surface area contributed by atoms with Gasteiger partial charge in [0, 0.05) is 81.6 Å². The van der Waals surface area contributed by atoms with Crippen LogP contribution < -0.4 is 31.5 Å². The van der Waals surface area contributed by atoms with Crippen LogP contribution in [0.5, 0.6) is 0 Å². The number of nitrogens with one attached hydrogen (secondary N) is 5. The second-order valence-electron chi connectivity index (χ2n) is 21.7. The highest BCUT2D eigenvalue weighted by molar-refractivity contribution is 7.99. The van der Waals surface area contributed by atoms with E-state index in [2.05, 4.69) is 31.5 Å². The van der Waals surface area contributed by atoms with E-state index < -0.39 is 70.9 Å². The molecule has 0 bridgehead atoms. The van der Waals surface area contributed by atoms with Crippen molar-refractivity contribution in [1.82, 2.24) is 46.0 Å². The summed E-state index contributed by atoms with van der Waals surface area (Å²) >= 11 is 1.39. The molecule has 1 aromatic carbocycles. The Bertz CT molecular complexity index is 2640. The number of nitrogens with zero attached hydrogens (tertiary/aromatic N) is 5. The molecule has 5 heterocycles. The fraction of sp³-hybridized carbons (Fsp3) is 0.556. The third-order valence-corrected chi connectivity index (χ3v) is 13.2. The number of carbonyl (C=O) groups is 6. The molecule has 2 aliphatic rings.